The highest BCUT2D eigenvalue weighted by molar-refractivity contribution is 6.35. The van der Waals surface area contributed by atoms with E-state index in [2.05, 4.69) is 10.3 Å². The fraction of sp³-hybridized carbons (Fsp3) is 0.133. The van der Waals surface area contributed by atoms with Gasteiger partial charge < -0.3 is 10.3 Å². The minimum absolute atomic E-state index is 0.0797. The lowest BCUT2D eigenvalue weighted by Crippen LogP contribution is -2.03. The summed E-state index contributed by atoms with van der Waals surface area (Å²) in [7, 11) is 0. The molecule has 1 aliphatic rings. The van der Waals surface area contributed by atoms with Gasteiger partial charge in [-0.3, -0.25) is 4.79 Å². The summed E-state index contributed by atoms with van der Waals surface area (Å²) in [5, 5.41) is 3.58. The molecule has 3 rings (SSSR count). The first-order valence-electron chi connectivity index (χ1n) is 6.05. The zero-order chi connectivity index (χ0) is 13.6. The molecule has 1 amide bonds. The van der Waals surface area contributed by atoms with Crippen molar-refractivity contribution in [3.63, 3.8) is 0 Å². The van der Waals surface area contributed by atoms with Crippen molar-refractivity contribution in [3.05, 3.63) is 51.8 Å². The molecule has 0 atom stereocenters. The first-order valence-corrected chi connectivity index (χ1v) is 6.43. The largest absolute Gasteiger partial charge is 0.358 e. The maximum absolute atomic E-state index is 12.0. The van der Waals surface area contributed by atoms with Gasteiger partial charge in [-0.2, -0.15) is 0 Å². The van der Waals surface area contributed by atoms with Gasteiger partial charge in [0.05, 0.1) is 10.6 Å². The van der Waals surface area contributed by atoms with Crippen LogP contribution in [0.5, 0.6) is 0 Å². The number of hydrogen-bond acceptors (Lipinski definition) is 1. The van der Waals surface area contributed by atoms with Crippen molar-refractivity contribution in [1.29, 1.82) is 0 Å². The average Bonchev–Trinajstić information content (AvgIpc) is 2.83. The van der Waals surface area contributed by atoms with Crippen molar-refractivity contribution in [2.24, 2.45) is 0 Å². The summed E-state index contributed by atoms with van der Waals surface area (Å²) in [5.41, 5.74) is 5.20. The highest BCUT2D eigenvalue weighted by Crippen LogP contribution is 2.34. The highest BCUT2D eigenvalue weighted by atomic mass is 35.5. The topological polar surface area (TPSA) is 44.9 Å². The number of nitrogens with one attached hydrogen (secondary N) is 2. The number of rotatable bonds is 1. The van der Waals surface area contributed by atoms with Gasteiger partial charge in [0, 0.05) is 22.6 Å². The zero-order valence-corrected chi connectivity index (χ0v) is 11.4. The van der Waals surface area contributed by atoms with Gasteiger partial charge in [0.15, 0.2) is 0 Å². The summed E-state index contributed by atoms with van der Waals surface area (Å²) in [6.45, 7) is 3.86. The molecule has 0 fully saturated rings. The number of benzene rings is 1. The summed E-state index contributed by atoms with van der Waals surface area (Å²) < 4.78 is 0. The van der Waals surface area contributed by atoms with Crippen LogP contribution in [0.4, 0.5) is 5.69 Å². The van der Waals surface area contributed by atoms with E-state index in [0.717, 1.165) is 33.2 Å². The van der Waals surface area contributed by atoms with Crippen LogP contribution in [0.3, 0.4) is 0 Å². The third-order valence-electron chi connectivity index (χ3n) is 3.38. The Hall–Kier alpha value is -2.00. The van der Waals surface area contributed by atoms with Crippen LogP contribution in [-0.4, -0.2) is 10.9 Å². The number of halogens is 1. The van der Waals surface area contributed by atoms with Crippen molar-refractivity contribution < 1.29 is 4.79 Å². The molecule has 0 saturated heterocycles. The number of para-hydroxylation sites is 1. The molecule has 0 saturated carbocycles. The van der Waals surface area contributed by atoms with Crippen molar-refractivity contribution in [1.82, 2.24) is 4.98 Å². The number of carbonyl (C=O) groups excluding carboxylic acids is 1. The predicted octanol–water partition coefficient (Wildman–Crippen LogP) is 3.78. The van der Waals surface area contributed by atoms with E-state index in [4.69, 9.17) is 11.6 Å². The SMILES string of the molecule is Cc1[nH]c(/C=C2/C(=O)Nc3ccccc32)c(C)c1Cl. The lowest BCUT2D eigenvalue weighted by molar-refractivity contribution is -0.110. The van der Waals surface area contributed by atoms with Crippen LogP contribution in [0.2, 0.25) is 5.02 Å². The van der Waals surface area contributed by atoms with E-state index < -0.39 is 0 Å². The van der Waals surface area contributed by atoms with Crippen molar-refractivity contribution in [2.45, 2.75) is 13.8 Å². The highest BCUT2D eigenvalue weighted by Gasteiger charge is 2.24. The van der Waals surface area contributed by atoms with Crippen LogP contribution < -0.4 is 5.32 Å². The monoisotopic (exact) mass is 272 g/mol. The molecule has 1 aromatic carbocycles. The standard InChI is InChI=1S/C15H13ClN2O/c1-8-13(17-9(2)14(8)16)7-11-10-5-3-4-6-12(10)18-15(11)19/h3-7,17H,1-2H3,(H,18,19)/b11-7+. The Bertz CT molecular complexity index is 713. The third kappa shape index (κ3) is 1.87. The second kappa shape index (κ2) is 4.28. The summed E-state index contributed by atoms with van der Waals surface area (Å²) in [6.07, 6.45) is 1.86. The van der Waals surface area contributed by atoms with E-state index >= 15 is 0 Å². The Morgan fingerprint density at radius 3 is 2.63 bits per heavy atom. The van der Waals surface area contributed by atoms with Gasteiger partial charge in [0.2, 0.25) is 0 Å². The number of aromatic nitrogens is 1. The van der Waals surface area contributed by atoms with Gasteiger partial charge in [-0.25, -0.2) is 0 Å². The molecule has 0 aliphatic carbocycles. The van der Waals surface area contributed by atoms with Crippen molar-refractivity contribution in [3.8, 4) is 0 Å². The quantitative estimate of drug-likeness (QED) is 0.763. The molecule has 0 bridgehead atoms. The average molecular weight is 273 g/mol. The Morgan fingerprint density at radius 1 is 1.21 bits per heavy atom. The first kappa shape index (κ1) is 12.1. The minimum atomic E-state index is -0.0797. The van der Waals surface area contributed by atoms with Gasteiger partial charge in [-0.1, -0.05) is 29.8 Å². The minimum Gasteiger partial charge on any atom is -0.358 e. The molecule has 96 valence electrons. The Balaban J connectivity index is 2.14. The normalized spacial score (nSPS) is 15.7. The van der Waals surface area contributed by atoms with Crippen LogP contribution in [0.1, 0.15) is 22.5 Å². The Morgan fingerprint density at radius 2 is 1.95 bits per heavy atom. The molecule has 2 aromatic rings. The van der Waals surface area contributed by atoms with Gasteiger partial charge in [0.25, 0.3) is 5.91 Å². The van der Waals surface area contributed by atoms with E-state index in [-0.39, 0.29) is 5.91 Å². The number of hydrogen-bond donors (Lipinski definition) is 2. The van der Waals surface area contributed by atoms with E-state index in [1.807, 2.05) is 44.2 Å². The van der Waals surface area contributed by atoms with Gasteiger partial charge >= 0.3 is 0 Å². The lowest BCUT2D eigenvalue weighted by atomic mass is 10.1. The molecule has 0 radical (unpaired) electrons. The zero-order valence-electron chi connectivity index (χ0n) is 10.7. The second-order valence-corrected chi connectivity index (χ2v) is 5.04. The Labute approximate surface area is 116 Å². The lowest BCUT2D eigenvalue weighted by Gasteiger charge is -1.97. The number of fused-ring (bicyclic) bond motifs is 1. The van der Waals surface area contributed by atoms with Gasteiger partial charge in [-0.15, -0.1) is 0 Å². The number of H-pyrrole nitrogens is 1. The third-order valence-corrected chi connectivity index (χ3v) is 3.95. The van der Waals surface area contributed by atoms with E-state index in [1.165, 1.54) is 0 Å². The van der Waals surface area contributed by atoms with Crippen LogP contribution >= 0.6 is 11.6 Å². The van der Waals surface area contributed by atoms with Gasteiger partial charge in [0.1, 0.15) is 0 Å². The van der Waals surface area contributed by atoms with E-state index in [9.17, 15) is 4.79 Å². The molecular formula is C15H13ClN2O. The molecule has 0 unspecified atom stereocenters. The fourth-order valence-corrected chi connectivity index (χ4v) is 2.47. The van der Waals surface area contributed by atoms with Crippen LogP contribution in [0.15, 0.2) is 24.3 Å². The van der Waals surface area contributed by atoms with Crippen molar-refractivity contribution in [2.75, 3.05) is 5.32 Å². The summed E-state index contributed by atoms with van der Waals surface area (Å²) in [6, 6.07) is 7.66. The molecule has 4 heteroatoms. The molecule has 19 heavy (non-hydrogen) atoms. The molecule has 3 nitrogen and oxygen atoms in total. The maximum atomic E-state index is 12.0. The van der Waals surface area contributed by atoms with Crippen LogP contribution in [0.25, 0.3) is 11.6 Å². The second-order valence-electron chi connectivity index (χ2n) is 4.66. The van der Waals surface area contributed by atoms with E-state index in [0.29, 0.717) is 5.57 Å². The number of anilines is 1. The maximum Gasteiger partial charge on any atom is 0.256 e. The molecule has 1 aliphatic heterocycles. The summed E-state index contributed by atoms with van der Waals surface area (Å²) in [5.74, 6) is -0.0797. The fourth-order valence-electron chi connectivity index (χ4n) is 2.32. The predicted molar refractivity (Wildman–Crippen MR) is 78.2 cm³/mol. The van der Waals surface area contributed by atoms with Crippen LogP contribution in [0, 0.1) is 13.8 Å². The molecule has 1 aromatic heterocycles. The number of aromatic amines is 1. The first-order chi connectivity index (χ1) is 9.08. The molecule has 2 N–H and O–H groups in total. The smallest absolute Gasteiger partial charge is 0.256 e. The number of carbonyl (C=O) groups is 1. The number of amides is 1. The molecule has 0 spiro atoms. The molecule has 2 heterocycles. The number of aryl methyl sites for hydroxylation is 1. The van der Waals surface area contributed by atoms with Crippen molar-refractivity contribution >= 4 is 34.8 Å². The van der Waals surface area contributed by atoms with Crippen LogP contribution in [-0.2, 0) is 4.79 Å². The van der Waals surface area contributed by atoms with Gasteiger partial charge in [-0.05, 0) is 31.6 Å². The molecular weight excluding hydrogens is 260 g/mol. The summed E-state index contributed by atoms with van der Waals surface area (Å²) in [4.78, 5) is 15.2. The van der Waals surface area contributed by atoms with E-state index in [1.54, 1.807) is 0 Å². The Kier molecular flexibility index (Phi) is 2.72. The summed E-state index contributed by atoms with van der Waals surface area (Å²) >= 11 is 6.16.